The van der Waals surface area contributed by atoms with Gasteiger partial charge in [0.25, 0.3) is 11.2 Å². The van der Waals surface area contributed by atoms with Crippen LogP contribution in [0.25, 0.3) is 16.6 Å². The molecular weight excluding hydrogens is 370 g/mol. The molecule has 8 nitrogen and oxygen atoms in total. The first-order valence-electron chi connectivity index (χ1n) is 9.23. The Morgan fingerprint density at radius 2 is 1.86 bits per heavy atom. The molecule has 0 radical (unpaired) electrons. The molecule has 0 aliphatic rings. The van der Waals surface area contributed by atoms with Gasteiger partial charge in [0.05, 0.1) is 29.0 Å². The minimum atomic E-state index is -0.451. The van der Waals surface area contributed by atoms with Crippen LogP contribution >= 0.6 is 0 Å². The monoisotopic (exact) mass is 389 g/mol. The summed E-state index contributed by atoms with van der Waals surface area (Å²) in [7, 11) is 0. The number of fused-ring (bicyclic) bond motifs is 1. The molecule has 4 aromatic rings. The van der Waals surface area contributed by atoms with Crippen LogP contribution in [0.15, 0.2) is 65.6 Å². The maximum atomic E-state index is 13.3. The van der Waals surface area contributed by atoms with Crippen molar-refractivity contribution in [2.45, 2.75) is 26.3 Å². The smallest absolute Gasteiger partial charge is 0.265 e. The molecule has 29 heavy (non-hydrogen) atoms. The van der Waals surface area contributed by atoms with E-state index in [1.54, 1.807) is 23.0 Å². The lowest BCUT2D eigenvalue weighted by atomic mass is 10.1. The largest absolute Gasteiger partial charge is 0.293 e. The number of benzene rings is 2. The van der Waals surface area contributed by atoms with Gasteiger partial charge in [-0.25, -0.2) is 9.36 Å². The number of nitro groups is 1. The molecule has 0 aliphatic heterocycles. The summed E-state index contributed by atoms with van der Waals surface area (Å²) in [5, 5.41) is 20.8. The molecule has 0 bridgehead atoms. The van der Waals surface area contributed by atoms with E-state index < -0.39 is 4.92 Å². The van der Waals surface area contributed by atoms with Gasteiger partial charge < -0.3 is 0 Å². The van der Waals surface area contributed by atoms with Gasteiger partial charge in [-0.15, -0.1) is 0 Å². The zero-order valence-electron chi connectivity index (χ0n) is 16.0. The molecule has 146 valence electrons. The second-order valence-corrected chi connectivity index (χ2v) is 7.08. The zero-order valence-corrected chi connectivity index (χ0v) is 16.0. The fraction of sp³-hybridized carbons (Fsp3) is 0.190. The first-order valence-corrected chi connectivity index (χ1v) is 9.23. The Kier molecular flexibility index (Phi) is 4.67. The van der Waals surface area contributed by atoms with Gasteiger partial charge in [0, 0.05) is 17.5 Å². The molecule has 2 aromatic heterocycles. The molecule has 0 spiro atoms. The van der Waals surface area contributed by atoms with E-state index in [4.69, 9.17) is 0 Å². The lowest BCUT2D eigenvalue weighted by Gasteiger charge is -2.12. The Balaban J connectivity index is 1.91. The van der Waals surface area contributed by atoms with Crippen molar-refractivity contribution in [3.63, 3.8) is 0 Å². The van der Waals surface area contributed by atoms with E-state index in [-0.39, 0.29) is 23.7 Å². The van der Waals surface area contributed by atoms with Gasteiger partial charge >= 0.3 is 0 Å². The molecule has 4 rings (SSSR count). The third kappa shape index (κ3) is 3.40. The number of nitro benzene ring substituents is 1. The van der Waals surface area contributed by atoms with Crippen molar-refractivity contribution in [3.05, 3.63) is 92.5 Å². The van der Waals surface area contributed by atoms with E-state index in [1.165, 1.54) is 16.8 Å². The molecule has 0 unspecified atom stereocenters. The Labute approximate surface area is 166 Å². The number of rotatable bonds is 5. The van der Waals surface area contributed by atoms with Gasteiger partial charge in [-0.1, -0.05) is 44.2 Å². The number of non-ortho nitro benzene ring substituents is 1. The van der Waals surface area contributed by atoms with Crippen LogP contribution in [0, 0.1) is 10.1 Å². The lowest BCUT2D eigenvalue weighted by molar-refractivity contribution is -0.384. The average Bonchev–Trinajstić information content (AvgIpc) is 3.16. The Morgan fingerprint density at radius 3 is 2.55 bits per heavy atom. The normalized spacial score (nSPS) is 11.3. The van der Waals surface area contributed by atoms with Gasteiger partial charge in [-0.3, -0.25) is 14.9 Å². The van der Waals surface area contributed by atoms with Crippen LogP contribution in [0.2, 0.25) is 0 Å². The second kappa shape index (κ2) is 7.31. The summed E-state index contributed by atoms with van der Waals surface area (Å²) in [5.74, 6) is 0.0721. The van der Waals surface area contributed by atoms with Crippen molar-refractivity contribution in [1.82, 2.24) is 19.6 Å². The predicted molar refractivity (Wildman–Crippen MR) is 109 cm³/mol. The van der Waals surface area contributed by atoms with E-state index in [9.17, 15) is 14.9 Å². The highest BCUT2D eigenvalue weighted by Gasteiger charge is 2.19. The van der Waals surface area contributed by atoms with Crippen molar-refractivity contribution >= 4 is 16.6 Å². The quantitative estimate of drug-likeness (QED) is 0.383. The summed E-state index contributed by atoms with van der Waals surface area (Å²) >= 11 is 0. The van der Waals surface area contributed by atoms with E-state index in [0.717, 1.165) is 11.4 Å². The summed E-state index contributed by atoms with van der Waals surface area (Å²) in [5.41, 5.74) is 2.30. The fourth-order valence-electron chi connectivity index (χ4n) is 3.33. The van der Waals surface area contributed by atoms with Crippen LogP contribution < -0.4 is 5.56 Å². The van der Waals surface area contributed by atoms with E-state index in [2.05, 4.69) is 10.2 Å². The minimum absolute atomic E-state index is 0.0185. The molecule has 0 saturated heterocycles. The van der Waals surface area contributed by atoms with E-state index in [1.807, 2.05) is 44.2 Å². The van der Waals surface area contributed by atoms with Crippen molar-refractivity contribution in [2.24, 2.45) is 0 Å². The van der Waals surface area contributed by atoms with Crippen molar-refractivity contribution in [1.29, 1.82) is 0 Å². The summed E-state index contributed by atoms with van der Waals surface area (Å²) in [6.07, 6.45) is 1.67. The Bertz CT molecular complexity index is 1260. The molecular formula is C21H19N5O3. The second-order valence-electron chi connectivity index (χ2n) is 7.08. The summed E-state index contributed by atoms with van der Waals surface area (Å²) < 4.78 is 2.98. The number of hydrogen-bond donors (Lipinski definition) is 0. The third-order valence-corrected chi connectivity index (χ3v) is 4.71. The van der Waals surface area contributed by atoms with Crippen LogP contribution in [0.1, 0.15) is 31.0 Å². The van der Waals surface area contributed by atoms with Crippen LogP contribution in [0.5, 0.6) is 0 Å². The molecule has 2 aromatic carbocycles. The summed E-state index contributed by atoms with van der Waals surface area (Å²) in [6.45, 7) is 4.14. The number of aromatic nitrogens is 4. The van der Waals surface area contributed by atoms with E-state index in [0.29, 0.717) is 16.5 Å². The van der Waals surface area contributed by atoms with E-state index >= 15 is 0 Å². The van der Waals surface area contributed by atoms with Gasteiger partial charge in [0.2, 0.25) is 0 Å². The summed E-state index contributed by atoms with van der Waals surface area (Å²) in [6, 6.07) is 15.7. The molecule has 0 saturated carbocycles. The maximum absolute atomic E-state index is 13.3. The summed E-state index contributed by atoms with van der Waals surface area (Å²) in [4.78, 5) is 23.9. The zero-order chi connectivity index (χ0) is 20.5. The van der Waals surface area contributed by atoms with Gasteiger partial charge in [-0.2, -0.15) is 10.2 Å². The van der Waals surface area contributed by atoms with Crippen LogP contribution in [-0.2, 0) is 6.54 Å². The fourth-order valence-corrected chi connectivity index (χ4v) is 3.33. The predicted octanol–water partition coefficient (Wildman–Crippen LogP) is 3.66. The third-order valence-electron chi connectivity index (χ3n) is 4.71. The van der Waals surface area contributed by atoms with Crippen LogP contribution in [0.4, 0.5) is 5.69 Å². The minimum Gasteiger partial charge on any atom is -0.265 e. The SMILES string of the molecule is CC(C)c1nn(Cc2cccc([N+](=O)[O-])c2)c(=O)c2c1cnn2-c1ccccc1. The molecule has 0 aliphatic carbocycles. The molecule has 0 atom stereocenters. The molecule has 0 N–H and O–H groups in total. The lowest BCUT2D eigenvalue weighted by Crippen LogP contribution is -2.27. The Morgan fingerprint density at radius 1 is 1.10 bits per heavy atom. The highest BCUT2D eigenvalue weighted by Crippen LogP contribution is 2.23. The first kappa shape index (κ1) is 18.5. The number of nitrogens with zero attached hydrogens (tertiary/aromatic N) is 5. The Hall–Kier alpha value is -3.81. The van der Waals surface area contributed by atoms with Gasteiger partial charge in [0.15, 0.2) is 0 Å². The first-order chi connectivity index (χ1) is 14.0. The standard InChI is InChI=1S/C21H19N5O3/c1-14(2)19-18-12-22-25(16-8-4-3-5-9-16)20(18)21(27)24(23-19)13-15-7-6-10-17(11-15)26(28)29/h3-12,14H,13H2,1-2H3. The van der Waals surface area contributed by atoms with Gasteiger partial charge in [0.1, 0.15) is 5.52 Å². The maximum Gasteiger partial charge on any atom is 0.293 e. The van der Waals surface area contributed by atoms with Crippen molar-refractivity contribution in [3.8, 4) is 5.69 Å². The van der Waals surface area contributed by atoms with Crippen LogP contribution in [0.3, 0.4) is 0 Å². The highest BCUT2D eigenvalue weighted by atomic mass is 16.6. The van der Waals surface area contributed by atoms with Crippen molar-refractivity contribution in [2.75, 3.05) is 0 Å². The topological polar surface area (TPSA) is 95.8 Å². The molecule has 8 heteroatoms. The number of hydrogen-bond acceptors (Lipinski definition) is 5. The molecule has 0 amide bonds. The molecule has 2 heterocycles. The van der Waals surface area contributed by atoms with Crippen LogP contribution in [-0.4, -0.2) is 24.5 Å². The van der Waals surface area contributed by atoms with Crippen molar-refractivity contribution < 1.29 is 4.92 Å². The highest BCUT2D eigenvalue weighted by molar-refractivity contribution is 5.82. The molecule has 0 fully saturated rings. The van der Waals surface area contributed by atoms with Gasteiger partial charge in [-0.05, 0) is 23.6 Å². The average molecular weight is 389 g/mol. The number of para-hydroxylation sites is 1.